The van der Waals surface area contributed by atoms with E-state index in [1.807, 2.05) is 37.3 Å². The molecule has 130 valence electrons. The van der Waals surface area contributed by atoms with Crippen molar-refractivity contribution >= 4 is 11.9 Å². The zero-order chi connectivity index (χ0) is 17.6. The number of hydrogen-bond donors (Lipinski definition) is 2. The number of hydrogen-bond acceptors (Lipinski definition) is 3. The molecule has 4 rings (SSSR count). The van der Waals surface area contributed by atoms with Crippen LogP contribution in [-0.2, 0) is 11.2 Å². The third-order valence-electron chi connectivity index (χ3n) is 5.80. The molecule has 25 heavy (non-hydrogen) atoms. The highest BCUT2D eigenvalue weighted by Gasteiger charge is 2.61. The third-order valence-corrected chi connectivity index (χ3v) is 5.80. The number of fused-ring (bicyclic) bond motifs is 2. The number of benzene rings is 1. The van der Waals surface area contributed by atoms with Crippen LogP contribution in [0, 0.1) is 12.3 Å². The van der Waals surface area contributed by atoms with Crippen LogP contribution in [0.2, 0.25) is 0 Å². The molecule has 6 heteroatoms. The Hall–Kier alpha value is -2.63. The number of carboxylic acids is 1. The van der Waals surface area contributed by atoms with E-state index in [-0.39, 0.29) is 18.0 Å². The van der Waals surface area contributed by atoms with Gasteiger partial charge in [-0.1, -0.05) is 30.3 Å². The van der Waals surface area contributed by atoms with Crippen molar-refractivity contribution in [2.45, 2.75) is 44.7 Å². The Bertz CT molecular complexity index is 816. The Morgan fingerprint density at radius 3 is 2.72 bits per heavy atom. The smallest absolute Gasteiger partial charge is 0.312 e. The van der Waals surface area contributed by atoms with Crippen molar-refractivity contribution in [1.29, 1.82) is 0 Å². The number of nitrogens with zero attached hydrogens (tertiary/aromatic N) is 2. The highest BCUT2D eigenvalue weighted by Crippen LogP contribution is 2.52. The average molecular weight is 339 g/mol. The van der Waals surface area contributed by atoms with Gasteiger partial charge in [0.05, 0.1) is 11.7 Å². The first-order valence-corrected chi connectivity index (χ1v) is 8.63. The number of carbonyl (C=O) groups excluding carboxylic acids is 1. The first-order chi connectivity index (χ1) is 12.0. The quantitative estimate of drug-likeness (QED) is 0.895. The molecule has 6 nitrogen and oxygen atoms in total. The van der Waals surface area contributed by atoms with Crippen molar-refractivity contribution in [1.82, 2.24) is 14.9 Å². The van der Waals surface area contributed by atoms with Crippen molar-refractivity contribution in [3.63, 3.8) is 0 Å². The maximum Gasteiger partial charge on any atom is 0.312 e. The van der Waals surface area contributed by atoms with Gasteiger partial charge in [0.2, 0.25) is 0 Å². The minimum absolute atomic E-state index is 0.0200. The Morgan fingerprint density at radius 1 is 1.32 bits per heavy atom. The van der Waals surface area contributed by atoms with Crippen molar-refractivity contribution < 1.29 is 14.7 Å². The van der Waals surface area contributed by atoms with Gasteiger partial charge in [-0.3, -0.25) is 9.59 Å². The Balaban J connectivity index is 1.68. The fourth-order valence-corrected chi connectivity index (χ4v) is 4.64. The molecular weight excluding hydrogens is 318 g/mol. The van der Waals surface area contributed by atoms with Gasteiger partial charge in [-0.2, -0.15) is 0 Å². The summed E-state index contributed by atoms with van der Waals surface area (Å²) in [6.45, 7) is 1.81. The molecule has 1 aromatic carbocycles. The largest absolute Gasteiger partial charge is 0.481 e. The van der Waals surface area contributed by atoms with Crippen LogP contribution >= 0.6 is 0 Å². The lowest BCUT2D eigenvalue weighted by molar-refractivity contribution is -0.150. The molecule has 0 spiro atoms. The standard InChI is InChI=1S/C19H21N3O3/c1-12-16(21-11-20-12)17(23)22-14-7-8-15(22)19(10-14,18(24)25)9-13-5-3-2-4-6-13/h2-6,11,14-15H,7-10H2,1H3,(H,20,21)(H,24,25)/t14-,15+,19+/m0/s1. The van der Waals surface area contributed by atoms with E-state index in [2.05, 4.69) is 9.97 Å². The average Bonchev–Trinajstić information content (AvgIpc) is 3.28. The molecule has 2 N–H and O–H groups in total. The van der Waals surface area contributed by atoms with Gasteiger partial charge in [0.15, 0.2) is 0 Å². The summed E-state index contributed by atoms with van der Waals surface area (Å²) in [6, 6.07) is 9.39. The molecule has 0 saturated carbocycles. The minimum atomic E-state index is -0.913. The lowest BCUT2D eigenvalue weighted by Gasteiger charge is -2.33. The molecule has 3 heterocycles. The molecule has 2 fully saturated rings. The number of imidazole rings is 1. The van der Waals surface area contributed by atoms with Gasteiger partial charge in [0.1, 0.15) is 5.69 Å². The van der Waals surface area contributed by atoms with E-state index in [0.717, 1.165) is 24.1 Å². The van der Waals surface area contributed by atoms with Gasteiger partial charge in [-0.05, 0) is 38.2 Å². The summed E-state index contributed by atoms with van der Waals surface area (Å²) in [6.07, 6.45) is 4.07. The van der Waals surface area contributed by atoms with E-state index >= 15 is 0 Å². The lowest BCUT2D eigenvalue weighted by atomic mass is 9.70. The lowest BCUT2D eigenvalue weighted by Crippen LogP contribution is -2.46. The number of amides is 1. The molecule has 2 saturated heterocycles. The predicted octanol–water partition coefficient (Wildman–Crippen LogP) is 2.41. The van der Waals surface area contributed by atoms with Crippen LogP contribution in [-0.4, -0.2) is 43.9 Å². The van der Waals surface area contributed by atoms with E-state index in [9.17, 15) is 14.7 Å². The Kier molecular flexibility index (Phi) is 3.63. The number of rotatable bonds is 4. The number of H-pyrrole nitrogens is 1. The molecule has 1 amide bonds. The van der Waals surface area contributed by atoms with Gasteiger partial charge < -0.3 is 15.0 Å². The van der Waals surface area contributed by atoms with Crippen molar-refractivity contribution in [2.24, 2.45) is 5.41 Å². The van der Waals surface area contributed by atoms with Gasteiger partial charge in [-0.25, -0.2) is 4.98 Å². The number of carboxylic acid groups (broad SMARTS) is 1. The van der Waals surface area contributed by atoms with Crippen molar-refractivity contribution in [2.75, 3.05) is 0 Å². The summed E-state index contributed by atoms with van der Waals surface area (Å²) in [5, 5.41) is 10.1. The minimum Gasteiger partial charge on any atom is -0.481 e. The van der Waals surface area contributed by atoms with Crippen LogP contribution in [0.4, 0.5) is 0 Å². The van der Waals surface area contributed by atoms with Gasteiger partial charge in [0.25, 0.3) is 5.91 Å². The van der Waals surface area contributed by atoms with E-state index in [1.165, 1.54) is 6.33 Å². The molecular formula is C19H21N3O3. The topological polar surface area (TPSA) is 86.3 Å². The molecule has 3 atom stereocenters. The van der Waals surface area contributed by atoms with E-state index in [4.69, 9.17) is 0 Å². The van der Waals surface area contributed by atoms with Gasteiger partial charge >= 0.3 is 5.97 Å². The number of carbonyl (C=O) groups is 2. The van der Waals surface area contributed by atoms with Crippen LogP contribution in [0.3, 0.4) is 0 Å². The second-order valence-corrected chi connectivity index (χ2v) is 7.16. The maximum atomic E-state index is 13.0. The SMILES string of the molecule is Cc1[nH]cnc1C(=O)N1[C@H]2CC[C@@H]1[C@](Cc1ccccc1)(C(=O)O)C2. The summed E-state index contributed by atoms with van der Waals surface area (Å²) in [5.41, 5.74) is 1.21. The van der Waals surface area contributed by atoms with Gasteiger partial charge in [0, 0.05) is 17.8 Å². The van der Waals surface area contributed by atoms with Crippen LogP contribution in [0.15, 0.2) is 36.7 Å². The predicted molar refractivity (Wildman–Crippen MR) is 91.1 cm³/mol. The third kappa shape index (κ3) is 2.35. The molecule has 2 bridgehead atoms. The number of aryl methyl sites for hydroxylation is 1. The highest BCUT2D eigenvalue weighted by atomic mass is 16.4. The first kappa shape index (κ1) is 15.9. The second-order valence-electron chi connectivity index (χ2n) is 7.16. The summed E-state index contributed by atoms with van der Waals surface area (Å²) < 4.78 is 0. The molecule has 1 aromatic heterocycles. The van der Waals surface area contributed by atoms with E-state index < -0.39 is 11.4 Å². The normalized spacial score (nSPS) is 27.6. The molecule has 0 unspecified atom stereocenters. The molecule has 0 radical (unpaired) electrons. The highest BCUT2D eigenvalue weighted by molar-refractivity contribution is 5.95. The monoisotopic (exact) mass is 339 g/mol. The van der Waals surface area contributed by atoms with Crippen LogP contribution in [0.1, 0.15) is 41.0 Å². The maximum absolute atomic E-state index is 13.0. The summed E-state index contributed by atoms with van der Waals surface area (Å²) in [7, 11) is 0. The van der Waals surface area contributed by atoms with Crippen LogP contribution < -0.4 is 0 Å². The number of aromatic nitrogens is 2. The summed E-state index contributed by atoms with van der Waals surface area (Å²) in [5.74, 6) is -0.956. The van der Waals surface area contributed by atoms with Gasteiger partial charge in [-0.15, -0.1) is 0 Å². The second kappa shape index (κ2) is 5.72. The van der Waals surface area contributed by atoms with Crippen molar-refractivity contribution in [3.05, 3.63) is 53.6 Å². The summed E-state index contributed by atoms with van der Waals surface area (Å²) >= 11 is 0. The molecule has 2 aromatic rings. The van der Waals surface area contributed by atoms with Crippen molar-refractivity contribution in [3.8, 4) is 0 Å². The van der Waals surface area contributed by atoms with E-state index in [1.54, 1.807) is 4.90 Å². The number of aliphatic carboxylic acids is 1. The zero-order valence-electron chi connectivity index (χ0n) is 14.1. The van der Waals surface area contributed by atoms with Crippen LogP contribution in [0.5, 0.6) is 0 Å². The first-order valence-electron chi connectivity index (χ1n) is 8.63. The molecule has 2 aliphatic rings. The Morgan fingerprint density at radius 2 is 2.08 bits per heavy atom. The zero-order valence-corrected chi connectivity index (χ0v) is 14.1. The fourth-order valence-electron chi connectivity index (χ4n) is 4.64. The number of nitrogens with one attached hydrogen (secondary N) is 1. The van der Waals surface area contributed by atoms with Crippen LogP contribution in [0.25, 0.3) is 0 Å². The summed E-state index contributed by atoms with van der Waals surface area (Å²) in [4.78, 5) is 34.1. The number of aromatic amines is 1. The molecule has 0 aliphatic carbocycles. The molecule has 2 aliphatic heterocycles. The van der Waals surface area contributed by atoms with E-state index in [0.29, 0.717) is 18.5 Å². The Labute approximate surface area is 145 Å². The fraction of sp³-hybridized carbons (Fsp3) is 0.421.